The molecule has 1 aromatic carbocycles. The number of hydrogen-bond acceptors (Lipinski definition) is 4. The van der Waals surface area contributed by atoms with Gasteiger partial charge in [0.05, 0.1) is 11.7 Å². The van der Waals surface area contributed by atoms with Gasteiger partial charge in [0.1, 0.15) is 12.4 Å². The molecule has 0 unspecified atom stereocenters. The highest BCUT2D eigenvalue weighted by atomic mass is 16.5. The van der Waals surface area contributed by atoms with Gasteiger partial charge in [-0.1, -0.05) is 37.3 Å². The number of pyridine rings is 1. The molecular formula is C22H28N4O2. The number of urea groups is 1. The minimum Gasteiger partial charge on any atom is -0.487 e. The van der Waals surface area contributed by atoms with E-state index in [1.165, 1.54) is 19.3 Å². The van der Waals surface area contributed by atoms with Crippen molar-refractivity contribution < 1.29 is 9.53 Å². The van der Waals surface area contributed by atoms with Gasteiger partial charge in [0.25, 0.3) is 0 Å². The molecule has 1 aromatic heterocycles. The number of rotatable bonds is 8. The fourth-order valence-electron chi connectivity index (χ4n) is 3.46. The third-order valence-electron chi connectivity index (χ3n) is 4.85. The molecule has 2 amide bonds. The topological polar surface area (TPSA) is 66.5 Å². The number of nitrogens with zero attached hydrogens (tertiary/aromatic N) is 2. The predicted octanol–water partition coefficient (Wildman–Crippen LogP) is 4.00. The quantitative estimate of drug-likeness (QED) is 0.680. The summed E-state index contributed by atoms with van der Waals surface area (Å²) in [6, 6.07) is 11.3. The minimum atomic E-state index is -0.249. The number of carbonyl (C=O) groups excluding carboxylic acids is 1. The highest BCUT2D eigenvalue weighted by Gasteiger charge is 2.23. The molecule has 6 heteroatoms. The lowest BCUT2D eigenvalue weighted by atomic mass is 10.0. The molecule has 2 aromatic rings. The van der Waals surface area contributed by atoms with Crippen molar-refractivity contribution >= 4 is 11.7 Å². The average molecular weight is 380 g/mol. The molecule has 0 spiro atoms. The largest absolute Gasteiger partial charge is 0.487 e. The molecule has 3 rings (SSSR count). The zero-order valence-corrected chi connectivity index (χ0v) is 16.1. The third-order valence-corrected chi connectivity index (χ3v) is 4.85. The van der Waals surface area contributed by atoms with Gasteiger partial charge in [-0.15, -0.1) is 0 Å². The smallest absolute Gasteiger partial charge is 0.319 e. The van der Waals surface area contributed by atoms with Crippen molar-refractivity contribution in [2.24, 2.45) is 0 Å². The second-order valence-electron chi connectivity index (χ2n) is 6.83. The molecule has 0 saturated carbocycles. The Morgan fingerprint density at radius 1 is 1.21 bits per heavy atom. The number of amides is 2. The number of benzene rings is 1. The van der Waals surface area contributed by atoms with Crippen LogP contribution in [0.2, 0.25) is 0 Å². The van der Waals surface area contributed by atoms with E-state index in [9.17, 15) is 4.79 Å². The zero-order chi connectivity index (χ0) is 19.6. The maximum atomic E-state index is 12.5. The molecule has 1 aliphatic rings. The molecule has 6 nitrogen and oxygen atoms in total. The molecule has 0 aliphatic carbocycles. The predicted molar refractivity (Wildman–Crippen MR) is 112 cm³/mol. The summed E-state index contributed by atoms with van der Waals surface area (Å²) in [4.78, 5) is 19.2. The maximum Gasteiger partial charge on any atom is 0.319 e. The molecular weight excluding hydrogens is 352 g/mol. The molecule has 1 saturated heterocycles. The van der Waals surface area contributed by atoms with Crippen LogP contribution in [-0.4, -0.2) is 42.2 Å². The maximum absolute atomic E-state index is 12.5. The summed E-state index contributed by atoms with van der Waals surface area (Å²) in [7, 11) is 0. The number of nitrogens with one attached hydrogen (secondary N) is 2. The van der Waals surface area contributed by atoms with Crippen molar-refractivity contribution in [3.63, 3.8) is 0 Å². The fourth-order valence-corrected chi connectivity index (χ4v) is 3.46. The van der Waals surface area contributed by atoms with Crippen molar-refractivity contribution in [3.05, 3.63) is 67.0 Å². The Hall–Kier alpha value is -2.86. The fraction of sp³-hybridized carbons (Fsp3) is 0.364. The molecule has 1 fully saturated rings. The number of likely N-dealkylation sites (tertiary alicyclic amines) is 1. The van der Waals surface area contributed by atoms with Crippen LogP contribution in [0.1, 0.15) is 30.9 Å². The second-order valence-corrected chi connectivity index (χ2v) is 6.83. The molecule has 148 valence electrons. The van der Waals surface area contributed by atoms with E-state index >= 15 is 0 Å². The number of anilines is 1. The van der Waals surface area contributed by atoms with Gasteiger partial charge in [0, 0.05) is 18.9 Å². The van der Waals surface area contributed by atoms with E-state index in [1.807, 2.05) is 36.5 Å². The van der Waals surface area contributed by atoms with Crippen molar-refractivity contribution in [3.8, 4) is 5.75 Å². The highest BCUT2D eigenvalue weighted by Crippen LogP contribution is 2.25. The zero-order valence-electron chi connectivity index (χ0n) is 16.1. The Kier molecular flexibility index (Phi) is 7.44. The van der Waals surface area contributed by atoms with E-state index in [-0.39, 0.29) is 12.1 Å². The minimum absolute atomic E-state index is 0.118. The van der Waals surface area contributed by atoms with E-state index < -0.39 is 0 Å². The van der Waals surface area contributed by atoms with Crippen LogP contribution in [-0.2, 0) is 0 Å². The van der Waals surface area contributed by atoms with E-state index in [0.29, 0.717) is 24.6 Å². The number of hydrogen-bond donors (Lipinski definition) is 2. The SMILES string of the molecule is C=CCOc1ccccc1NC(=O)NC[C@@H](c1cccnc1)N1CCCCC1. The lowest BCUT2D eigenvalue weighted by Crippen LogP contribution is -2.41. The van der Waals surface area contributed by atoms with Crippen LogP contribution in [0.5, 0.6) is 5.75 Å². The lowest BCUT2D eigenvalue weighted by Gasteiger charge is -2.34. The van der Waals surface area contributed by atoms with Crippen LogP contribution in [0, 0.1) is 0 Å². The first-order valence-corrected chi connectivity index (χ1v) is 9.79. The second kappa shape index (κ2) is 10.5. The Bertz CT molecular complexity index is 760. The first kappa shape index (κ1) is 19.9. The number of para-hydroxylation sites is 2. The van der Waals surface area contributed by atoms with Gasteiger partial charge in [-0.25, -0.2) is 4.79 Å². The number of ether oxygens (including phenoxy) is 1. The monoisotopic (exact) mass is 380 g/mol. The van der Waals surface area contributed by atoms with Gasteiger partial charge in [-0.05, 0) is 49.7 Å². The van der Waals surface area contributed by atoms with Crippen molar-refractivity contribution in [1.82, 2.24) is 15.2 Å². The van der Waals surface area contributed by atoms with Crippen molar-refractivity contribution in [2.75, 3.05) is 31.6 Å². The van der Waals surface area contributed by atoms with Gasteiger partial charge in [-0.2, -0.15) is 0 Å². The van der Waals surface area contributed by atoms with Crippen LogP contribution in [0.25, 0.3) is 0 Å². The molecule has 2 N–H and O–H groups in total. The normalized spacial score (nSPS) is 15.4. The lowest BCUT2D eigenvalue weighted by molar-refractivity contribution is 0.161. The van der Waals surface area contributed by atoms with Crippen LogP contribution < -0.4 is 15.4 Å². The number of aromatic nitrogens is 1. The number of carbonyl (C=O) groups is 1. The summed E-state index contributed by atoms with van der Waals surface area (Å²) < 4.78 is 5.60. The molecule has 2 heterocycles. The first-order chi connectivity index (χ1) is 13.8. The molecule has 0 bridgehead atoms. The van der Waals surface area contributed by atoms with Gasteiger partial charge < -0.3 is 15.4 Å². The van der Waals surface area contributed by atoms with E-state index in [1.54, 1.807) is 12.3 Å². The van der Waals surface area contributed by atoms with E-state index in [2.05, 4.69) is 33.2 Å². The Labute approximate surface area is 166 Å². The summed E-state index contributed by atoms with van der Waals surface area (Å²) in [6.45, 7) is 6.65. The van der Waals surface area contributed by atoms with Crippen LogP contribution in [0.4, 0.5) is 10.5 Å². The average Bonchev–Trinajstić information content (AvgIpc) is 2.75. The van der Waals surface area contributed by atoms with Crippen molar-refractivity contribution in [1.29, 1.82) is 0 Å². The Balaban J connectivity index is 1.63. The summed E-state index contributed by atoms with van der Waals surface area (Å²) >= 11 is 0. The summed E-state index contributed by atoms with van der Waals surface area (Å²) in [5.41, 5.74) is 1.76. The molecule has 0 radical (unpaired) electrons. The van der Waals surface area contributed by atoms with Gasteiger partial charge >= 0.3 is 6.03 Å². The van der Waals surface area contributed by atoms with Crippen molar-refractivity contribution in [2.45, 2.75) is 25.3 Å². The number of piperidine rings is 1. The van der Waals surface area contributed by atoms with Crippen LogP contribution in [0.15, 0.2) is 61.4 Å². The van der Waals surface area contributed by atoms with Gasteiger partial charge in [0.2, 0.25) is 0 Å². The van der Waals surface area contributed by atoms with Crippen LogP contribution in [0.3, 0.4) is 0 Å². The standard InChI is InChI=1S/C22H28N4O2/c1-2-15-28-21-11-5-4-10-19(21)25-22(27)24-17-20(18-9-8-12-23-16-18)26-13-6-3-7-14-26/h2,4-5,8-12,16,20H,1,3,6-7,13-15,17H2,(H2,24,25,27)/t20-/m0/s1. The van der Waals surface area contributed by atoms with Crippen LogP contribution >= 0.6 is 0 Å². The molecule has 28 heavy (non-hydrogen) atoms. The van der Waals surface area contributed by atoms with E-state index in [4.69, 9.17) is 4.74 Å². The highest BCUT2D eigenvalue weighted by molar-refractivity contribution is 5.90. The summed E-state index contributed by atoms with van der Waals surface area (Å²) in [5.74, 6) is 0.623. The first-order valence-electron chi connectivity index (χ1n) is 9.79. The molecule has 1 atom stereocenters. The summed E-state index contributed by atoms with van der Waals surface area (Å²) in [6.07, 6.45) is 8.99. The Morgan fingerprint density at radius 2 is 2.04 bits per heavy atom. The third kappa shape index (κ3) is 5.57. The Morgan fingerprint density at radius 3 is 2.79 bits per heavy atom. The summed E-state index contributed by atoms with van der Waals surface area (Å²) in [5, 5.41) is 5.90. The van der Waals surface area contributed by atoms with E-state index in [0.717, 1.165) is 18.7 Å². The van der Waals surface area contributed by atoms with Gasteiger partial charge in [0.15, 0.2) is 0 Å². The van der Waals surface area contributed by atoms with Gasteiger partial charge in [-0.3, -0.25) is 9.88 Å². The molecule has 1 aliphatic heterocycles.